The van der Waals surface area contributed by atoms with E-state index in [9.17, 15) is 14.9 Å². The van der Waals surface area contributed by atoms with Gasteiger partial charge in [0.1, 0.15) is 11.2 Å². The molecule has 8 nitrogen and oxygen atoms in total. The molecule has 8 heteroatoms. The van der Waals surface area contributed by atoms with Gasteiger partial charge in [-0.05, 0) is 54.4 Å². The maximum absolute atomic E-state index is 13.2. The van der Waals surface area contributed by atoms with Gasteiger partial charge in [-0.15, -0.1) is 0 Å². The molecule has 1 saturated heterocycles. The van der Waals surface area contributed by atoms with Crippen molar-refractivity contribution >= 4 is 23.3 Å². The van der Waals surface area contributed by atoms with Crippen molar-refractivity contribution in [3.63, 3.8) is 0 Å². The molecule has 0 spiro atoms. The van der Waals surface area contributed by atoms with Crippen molar-refractivity contribution in [3.8, 4) is 17.2 Å². The lowest BCUT2D eigenvalue weighted by Gasteiger charge is -2.21. The van der Waals surface area contributed by atoms with Gasteiger partial charge < -0.3 is 10.2 Å². The molecule has 2 fully saturated rings. The van der Waals surface area contributed by atoms with E-state index < -0.39 is 5.41 Å². The van der Waals surface area contributed by atoms with Crippen molar-refractivity contribution in [2.45, 2.75) is 38.6 Å². The van der Waals surface area contributed by atoms with E-state index in [1.165, 1.54) is 5.56 Å². The summed E-state index contributed by atoms with van der Waals surface area (Å²) in [5.41, 5.74) is 3.89. The molecule has 0 radical (unpaired) electrons. The molecule has 1 aliphatic carbocycles. The van der Waals surface area contributed by atoms with Crippen LogP contribution in [-0.2, 0) is 29.0 Å². The summed E-state index contributed by atoms with van der Waals surface area (Å²) < 4.78 is 1.94. The number of aromatic nitrogens is 3. The van der Waals surface area contributed by atoms with Gasteiger partial charge in [-0.2, -0.15) is 10.4 Å². The number of pyridine rings is 1. The standard InChI is InChI=1S/C32H30N6O2/c33-22-32(27-9-10-27)13-16-38(31(32)40)28-11-14-34-29(19-28)36-30(39)18-24-7-4-8-25(17-24)26-20-35-37(21-26)15-12-23-5-2-1-3-6-23/h1-8,11,14,17,19-21,27H,9-10,12-13,15-16,18H2,(H,34,36,39)/t32-/m1/s1. The van der Waals surface area contributed by atoms with Gasteiger partial charge in [-0.1, -0.05) is 54.6 Å². The van der Waals surface area contributed by atoms with Gasteiger partial charge in [0, 0.05) is 42.8 Å². The van der Waals surface area contributed by atoms with Crippen LogP contribution >= 0.6 is 0 Å². The van der Waals surface area contributed by atoms with Crippen molar-refractivity contribution in [2.75, 3.05) is 16.8 Å². The van der Waals surface area contributed by atoms with E-state index in [0.717, 1.165) is 42.5 Å². The van der Waals surface area contributed by atoms with Crippen LogP contribution in [0.5, 0.6) is 0 Å². The number of nitrogens with one attached hydrogen (secondary N) is 1. The third-order valence-electron chi connectivity index (χ3n) is 7.88. The number of hydrogen-bond acceptors (Lipinski definition) is 5. The SMILES string of the molecule is N#C[C@@]1(C2CC2)CCN(c2ccnc(NC(=O)Cc3cccc(-c4cnn(CCc5ccccc5)c4)c3)c2)C1=O. The molecule has 2 aliphatic rings. The fourth-order valence-corrected chi connectivity index (χ4v) is 5.55. The van der Waals surface area contributed by atoms with Crippen LogP contribution in [0.3, 0.4) is 0 Å². The van der Waals surface area contributed by atoms with Crippen LogP contribution in [0.25, 0.3) is 11.1 Å². The number of anilines is 2. The zero-order chi connectivity index (χ0) is 27.5. The van der Waals surface area contributed by atoms with Crippen molar-refractivity contribution in [1.29, 1.82) is 5.26 Å². The highest BCUT2D eigenvalue weighted by molar-refractivity contribution is 6.02. The Hall–Kier alpha value is -4.77. The van der Waals surface area contributed by atoms with Gasteiger partial charge in [0.2, 0.25) is 11.8 Å². The molecular weight excluding hydrogens is 500 g/mol. The Labute approximate surface area is 233 Å². The first-order chi connectivity index (χ1) is 19.5. The molecule has 1 saturated carbocycles. The van der Waals surface area contributed by atoms with Crippen LogP contribution in [0.1, 0.15) is 30.4 Å². The lowest BCUT2D eigenvalue weighted by Crippen LogP contribution is -2.35. The van der Waals surface area contributed by atoms with Crippen molar-refractivity contribution in [2.24, 2.45) is 11.3 Å². The summed E-state index contributed by atoms with van der Waals surface area (Å²) in [5.74, 6) is 0.209. The molecule has 2 amide bonds. The average Bonchev–Trinajstić information content (AvgIpc) is 3.62. The average molecular weight is 531 g/mol. The van der Waals surface area contributed by atoms with Crippen LogP contribution in [0.4, 0.5) is 11.5 Å². The molecule has 6 rings (SSSR count). The predicted octanol–water partition coefficient (Wildman–Crippen LogP) is 5.03. The third-order valence-corrected chi connectivity index (χ3v) is 7.88. The van der Waals surface area contributed by atoms with Gasteiger partial charge in [-0.25, -0.2) is 4.98 Å². The minimum absolute atomic E-state index is 0.138. The summed E-state index contributed by atoms with van der Waals surface area (Å²) in [6, 6.07) is 24.0. The Balaban J connectivity index is 1.08. The van der Waals surface area contributed by atoms with Crippen molar-refractivity contribution < 1.29 is 9.59 Å². The molecule has 1 aliphatic heterocycles. The summed E-state index contributed by atoms with van der Waals surface area (Å²) in [6.07, 6.45) is 8.96. The molecule has 0 bridgehead atoms. The number of amides is 2. The van der Waals surface area contributed by atoms with E-state index in [1.54, 1.807) is 23.2 Å². The minimum atomic E-state index is -0.907. The number of aryl methyl sites for hydroxylation is 2. The first-order valence-corrected chi connectivity index (χ1v) is 13.7. The number of carbonyl (C=O) groups is 2. The zero-order valence-corrected chi connectivity index (χ0v) is 22.2. The quantitative estimate of drug-likeness (QED) is 0.327. The molecule has 1 atom stereocenters. The smallest absolute Gasteiger partial charge is 0.247 e. The highest BCUT2D eigenvalue weighted by Gasteiger charge is 2.56. The van der Waals surface area contributed by atoms with Crippen LogP contribution in [0, 0.1) is 22.7 Å². The number of benzene rings is 2. The Bertz CT molecular complexity index is 1590. The molecule has 2 aromatic carbocycles. The molecule has 2 aromatic heterocycles. The fraction of sp³-hybridized carbons (Fsp3) is 0.281. The van der Waals surface area contributed by atoms with Crippen molar-refractivity contribution in [3.05, 3.63) is 96.4 Å². The Kier molecular flexibility index (Phi) is 6.87. The van der Waals surface area contributed by atoms with E-state index in [1.807, 2.05) is 59.5 Å². The number of nitrogens with zero attached hydrogens (tertiary/aromatic N) is 5. The van der Waals surface area contributed by atoms with Crippen molar-refractivity contribution in [1.82, 2.24) is 14.8 Å². The highest BCUT2D eigenvalue weighted by Crippen LogP contribution is 2.51. The molecule has 4 aromatic rings. The first kappa shape index (κ1) is 25.5. The van der Waals surface area contributed by atoms with E-state index in [0.29, 0.717) is 24.5 Å². The Morgan fingerprint density at radius 3 is 2.67 bits per heavy atom. The van der Waals surface area contributed by atoms with Gasteiger partial charge in [0.25, 0.3) is 0 Å². The normalized spacial score (nSPS) is 18.5. The van der Waals surface area contributed by atoms with Crippen LogP contribution in [0.15, 0.2) is 85.3 Å². The maximum atomic E-state index is 13.2. The Morgan fingerprint density at radius 2 is 1.88 bits per heavy atom. The van der Waals surface area contributed by atoms with Gasteiger partial charge in [0.15, 0.2) is 0 Å². The molecule has 0 unspecified atom stereocenters. The summed E-state index contributed by atoms with van der Waals surface area (Å²) >= 11 is 0. The van der Waals surface area contributed by atoms with E-state index >= 15 is 0 Å². The first-order valence-electron chi connectivity index (χ1n) is 13.7. The van der Waals surface area contributed by atoms with Crippen LogP contribution in [-0.4, -0.2) is 33.1 Å². The second kappa shape index (κ2) is 10.8. The van der Waals surface area contributed by atoms with E-state index in [2.05, 4.69) is 33.6 Å². The summed E-state index contributed by atoms with van der Waals surface area (Å²) in [4.78, 5) is 32.0. The largest absolute Gasteiger partial charge is 0.311 e. The lowest BCUT2D eigenvalue weighted by molar-refractivity contribution is -0.123. The van der Waals surface area contributed by atoms with E-state index in [4.69, 9.17) is 0 Å². The summed E-state index contributed by atoms with van der Waals surface area (Å²) in [7, 11) is 0. The minimum Gasteiger partial charge on any atom is -0.311 e. The molecule has 1 N–H and O–H groups in total. The summed E-state index contributed by atoms with van der Waals surface area (Å²) in [6.45, 7) is 1.29. The van der Waals surface area contributed by atoms with Crippen LogP contribution in [0.2, 0.25) is 0 Å². The summed E-state index contributed by atoms with van der Waals surface area (Å²) in [5, 5.41) is 17.1. The third kappa shape index (κ3) is 5.23. The number of rotatable bonds is 9. The maximum Gasteiger partial charge on any atom is 0.247 e. The van der Waals surface area contributed by atoms with E-state index in [-0.39, 0.29) is 24.2 Å². The topological polar surface area (TPSA) is 104 Å². The molecular formula is C32H30N6O2. The van der Waals surface area contributed by atoms with Gasteiger partial charge in [0.05, 0.1) is 18.7 Å². The lowest BCUT2D eigenvalue weighted by atomic mass is 9.83. The number of carbonyl (C=O) groups excluding carboxylic acids is 2. The van der Waals surface area contributed by atoms with Gasteiger partial charge >= 0.3 is 0 Å². The Morgan fingerprint density at radius 1 is 1.05 bits per heavy atom. The monoisotopic (exact) mass is 530 g/mol. The second-order valence-electron chi connectivity index (χ2n) is 10.6. The van der Waals surface area contributed by atoms with Gasteiger partial charge in [-0.3, -0.25) is 14.3 Å². The molecule has 3 heterocycles. The second-order valence-corrected chi connectivity index (χ2v) is 10.6. The number of hydrogen-bond donors (Lipinski definition) is 1. The highest BCUT2D eigenvalue weighted by atomic mass is 16.2. The zero-order valence-electron chi connectivity index (χ0n) is 22.2. The number of nitriles is 1. The molecule has 200 valence electrons. The van der Waals surface area contributed by atoms with Crippen LogP contribution < -0.4 is 10.2 Å². The molecule has 40 heavy (non-hydrogen) atoms. The fourth-order valence-electron chi connectivity index (χ4n) is 5.55. The predicted molar refractivity (Wildman–Crippen MR) is 152 cm³/mol.